The maximum Gasteiger partial charge on any atom is 0.279 e. The van der Waals surface area contributed by atoms with Crippen LogP contribution in [0.5, 0.6) is 0 Å². The maximum atomic E-state index is 12.8. The van der Waals surface area contributed by atoms with Crippen molar-refractivity contribution in [3.63, 3.8) is 0 Å². The van der Waals surface area contributed by atoms with Gasteiger partial charge in [0.15, 0.2) is 11.4 Å². The van der Waals surface area contributed by atoms with Gasteiger partial charge in [0.05, 0.1) is 17.8 Å². The summed E-state index contributed by atoms with van der Waals surface area (Å²) in [6, 6.07) is 7.63. The molecule has 24 heavy (non-hydrogen) atoms. The second kappa shape index (κ2) is 5.03. The van der Waals surface area contributed by atoms with Crippen LogP contribution in [0.4, 0.5) is 5.69 Å². The van der Waals surface area contributed by atoms with Gasteiger partial charge in [-0.25, -0.2) is 14.3 Å². The Bertz CT molecular complexity index is 1140. The molecule has 1 aliphatic rings. The minimum absolute atomic E-state index is 0.104. The normalized spacial score (nSPS) is 13.5. The summed E-state index contributed by atoms with van der Waals surface area (Å²) in [6.07, 6.45) is 3.45. The summed E-state index contributed by atoms with van der Waals surface area (Å²) in [7, 11) is 0. The standard InChI is InChI=1S/C18H12N4O2/c1-10-16(18(24)22-17(21-10)14(19-2)9-20-22)13-7-11-5-3-4-6-12(11)8-15(13)23/h3-7,9,20H,8H2,1H3. The Balaban J connectivity index is 2.01. The van der Waals surface area contributed by atoms with Crippen LogP contribution in [0.15, 0.2) is 35.3 Å². The van der Waals surface area contributed by atoms with E-state index in [1.54, 1.807) is 13.0 Å². The molecule has 2 aromatic heterocycles. The largest absolute Gasteiger partial charge is 0.308 e. The molecule has 6 heteroatoms. The number of ketones is 1. The number of carbonyl (C=O) groups is 1. The number of aromatic amines is 1. The van der Waals surface area contributed by atoms with Crippen LogP contribution < -0.4 is 5.56 Å². The maximum absolute atomic E-state index is 12.8. The zero-order chi connectivity index (χ0) is 16.8. The highest BCUT2D eigenvalue weighted by atomic mass is 16.1. The van der Waals surface area contributed by atoms with Crippen LogP contribution in [0, 0.1) is 13.5 Å². The quantitative estimate of drug-likeness (QED) is 0.701. The number of nitrogens with one attached hydrogen (secondary N) is 1. The Morgan fingerprint density at radius 3 is 2.88 bits per heavy atom. The number of carbonyl (C=O) groups excluding carboxylic acids is 1. The molecule has 2 heterocycles. The van der Waals surface area contributed by atoms with Gasteiger partial charge in [0, 0.05) is 18.2 Å². The third kappa shape index (κ3) is 1.92. The van der Waals surface area contributed by atoms with E-state index in [0.717, 1.165) is 11.1 Å². The van der Waals surface area contributed by atoms with Gasteiger partial charge in [0.25, 0.3) is 5.56 Å². The van der Waals surface area contributed by atoms with Crippen LogP contribution in [0.25, 0.3) is 22.1 Å². The second-order valence-electron chi connectivity index (χ2n) is 5.66. The number of aromatic nitrogens is 3. The molecular formula is C18H12N4O2. The Morgan fingerprint density at radius 2 is 2.08 bits per heavy atom. The minimum Gasteiger partial charge on any atom is -0.308 e. The molecule has 0 saturated heterocycles. The number of H-pyrrole nitrogens is 1. The molecule has 0 amide bonds. The van der Waals surface area contributed by atoms with Gasteiger partial charge in [-0.1, -0.05) is 24.3 Å². The molecule has 0 radical (unpaired) electrons. The third-order valence-corrected chi connectivity index (χ3v) is 4.22. The SMILES string of the molecule is [C-]#[N+]c1c[nH]n2c(=O)c(C3=Cc4ccccc4CC3=O)c(C)nc12. The lowest BCUT2D eigenvalue weighted by molar-refractivity contribution is -0.113. The van der Waals surface area contributed by atoms with Crippen molar-refractivity contribution in [2.24, 2.45) is 0 Å². The van der Waals surface area contributed by atoms with E-state index >= 15 is 0 Å². The van der Waals surface area contributed by atoms with Gasteiger partial charge in [0.1, 0.15) is 0 Å². The number of aryl methyl sites for hydroxylation is 1. The predicted octanol–water partition coefficient (Wildman–Crippen LogP) is 2.55. The number of nitrogens with zero attached hydrogens (tertiary/aromatic N) is 3. The molecule has 4 rings (SSSR count). The number of hydrogen-bond acceptors (Lipinski definition) is 3. The van der Waals surface area contributed by atoms with E-state index in [-0.39, 0.29) is 34.7 Å². The van der Waals surface area contributed by atoms with E-state index < -0.39 is 0 Å². The molecule has 0 bridgehead atoms. The Hall–Kier alpha value is -3.46. The predicted molar refractivity (Wildman–Crippen MR) is 89.8 cm³/mol. The highest BCUT2D eigenvalue weighted by molar-refractivity contribution is 6.27. The van der Waals surface area contributed by atoms with Crippen molar-refractivity contribution in [3.8, 4) is 0 Å². The fourth-order valence-electron chi connectivity index (χ4n) is 3.05. The fourth-order valence-corrected chi connectivity index (χ4v) is 3.05. The zero-order valence-corrected chi connectivity index (χ0v) is 12.8. The van der Waals surface area contributed by atoms with E-state index in [2.05, 4.69) is 14.9 Å². The van der Waals surface area contributed by atoms with Crippen molar-refractivity contribution in [2.45, 2.75) is 13.3 Å². The van der Waals surface area contributed by atoms with E-state index in [0.29, 0.717) is 11.3 Å². The van der Waals surface area contributed by atoms with Gasteiger partial charge in [-0.15, -0.1) is 0 Å². The summed E-state index contributed by atoms with van der Waals surface area (Å²) >= 11 is 0. The summed E-state index contributed by atoms with van der Waals surface area (Å²) in [5, 5.41) is 2.74. The minimum atomic E-state index is -0.369. The van der Waals surface area contributed by atoms with Crippen LogP contribution in [0.2, 0.25) is 0 Å². The average Bonchev–Trinajstić information content (AvgIpc) is 2.98. The van der Waals surface area contributed by atoms with Crippen molar-refractivity contribution in [1.82, 2.24) is 14.6 Å². The van der Waals surface area contributed by atoms with Gasteiger partial charge < -0.3 is 5.10 Å². The van der Waals surface area contributed by atoms with Gasteiger partial charge in [-0.3, -0.25) is 9.59 Å². The van der Waals surface area contributed by atoms with Crippen LogP contribution in [0.1, 0.15) is 22.4 Å². The number of rotatable bonds is 1. The van der Waals surface area contributed by atoms with E-state index in [4.69, 9.17) is 6.57 Å². The van der Waals surface area contributed by atoms with E-state index in [1.807, 2.05) is 24.3 Å². The first-order valence-corrected chi connectivity index (χ1v) is 7.41. The fraction of sp³-hybridized carbons (Fsp3) is 0.111. The Morgan fingerprint density at radius 1 is 1.29 bits per heavy atom. The van der Waals surface area contributed by atoms with Crippen molar-refractivity contribution in [2.75, 3.05) is 0 Å². The van der Waals surface area contributed by atoms with E-state index in [9.17, 15) is 9.59 Å². The Labute approximate surface area is 136 Å². The van der Waals surface area contributed by atoms with Crippen LogP contribution in [0.3, 0.4) is 0 Å². The third-order valence-electron chi connectivity index (χ3n) is 4.22. The number of benzene rings is 1. The summed E-state index contributed by atoms with van der Waals surface area (Å²) in [4.78, 5) is 33.1. The summed E-state index contributed by atoms with van der Waals surface area (Å²) in [6.45, 7) is 8.82. The molecule has 116 valence electrons. The lowest BCUT2D eigenvalue weighted by atomic mass is 9.87. The van der Waals surface area contributed by atoms with Crippen LogP contribution in [-0.2, 0) is 11.2 Å². The number of hydrogen-bond donors (Lipinski definition) is 1. The van der Waals surface area contributed by atoms with Gasteiger partial charge in [-0.2, -0.15) is 0 Å². The molecule has 6 nitrogen and oxygen atoms in total. The molecule has 0 unspecified atom stereocenters. The lowest BCUT2D eigenvalue weighted by Crippen LogP contribution is -2.25. The lowest BCUT2D eigenvalue weighted by Gasteiger charge is -2.16. The smallest absolute Gasteiger partial charge is 0.279 e. The first-order chi connectivity index (χ1) is 11.6. The molecule has 1 aromatic carbocycles. The highest BCUT2D eigenvalue weighted by Gasteiger charge is 2.25. The molecule has 0 spiro atoms. The summed E-state index contributed by atoms with van der Waals surface area (Å²) in [5.74, 6) is -0.104. The van der Waals surface area contributed by atoms with Gasteiger partial charge >= 0.3 is 0 Å². The molecule has 1 aliphatic carbocycles. The first-order valence-electron chi connectivity index (χ1n) is 7.41. The van der Waals surface area contributed by atoms with Gasteiger partial charge in [-0.05, 0) is 24.1 Å². The summed E-state index contributed by atoms with van der Waals surface area (Å²) < 4.78 is 1.21. The van der Waals surface area contributed by atoms with Crippen molar-refractivity contribution in [3.05, 3.63) is 74.6 Å². The molecule has 0 aliphatic heterocycles. The van der Waals surface area contributed by atoms with Crippen molar-refractivity contribution >= 4 is 28.8 Å². The average molecular weight is 316 g/mol. The molecular weight excluding hydrogens is 304 g/mol. The van der Waals surface area contributed by atoms with Crippen molar-refractivity contribution in [1.29, 1.82) is 0 Å². The van der Waals surface area contributed by atoms with Crippen LogP contribution in [-0.4, -0.2) is 20.4 Å². The van der Waals surface area contributed by atoms with Crippen LogP contribution >= 0.6 is 0 Å². The number of allylic oxidation sites excluding steroid dienone is 1. The highest BCUT2D eigenvalue weighted by Crippen LogP contribution is 2.28. The zero-order valence-electron chi connectivity index (χ0n) is 12.8. The topological polar surface area (TPSA) is 71.6 Å². The van der Waals surface area contributed by atoms with Crippen molar-refractivity contribution < 1.29 is 4.79 Å². The van der Waals surface area contributed by atoms with Gasteiger partial charge in [0.2, 0.25) is 5.69 Å². The number of Topliss-reactive ketones (excluding diaryl/α,β-unsaturated/α-hetero) is 1. The second-order valence-corrected chi connectivity index (χ2v) is 5.66. The summed E-state index contributed by atoms with van der Waals surface area (Å²) in [5.41, 5.74) is 3.17. The number of fused-ring (bicyclic) bond motifs is 2. The molecule has 3 aromatic rings. The molecule has 1 N–H and O–H groups in total. The molecule has 0 fully saturated rings. The Kier molecular flexibility index (Phi) is 2.97. The first kappa shape index (κ1) is 14.2. The monoisotopic (exact) mass is 316 g/mol. The molecule has 0 saturated carbocycles. The van der Waals surface area contributed by atoms with E-state index in [1.165, 1.54) is 10.7 Å². The molecule has 0 atom stereocenters.